The van der Waals surface area contributed by atoms with Crippen LogP contribution in [0.2, 0.25) is 5.02 Å². The lowest BCUT2D eigenvalue weighted by molar-refractivity contribution is 0.0964. The summed E-state index contributed by atoms with van der Waals surface area (Å²) >= 11 is 6.11. The third kappa shape index (κ3) is 5.22. The number of anilines is 1. The first-order chi connectivity index (χ1) is 21.0. The summed E-state index contributed by atoms with van der Waals surface area (Å²) in [6.45, 7) is 0. The Kier molecular flexibility index (Phi) is 7.26. The van der Waals surface area contributed by atoms with E-state index >= 15 is 0 Å². The zero-order chi connectivity index (χ0) is 31.3. The molecule has 0 fully saturated rings. The molecule has 44 heavy (non-hydrogen) atoms. The van der Waals surface area contributed by atoms with Crippen LogP contribution in [-0.2, 0) is 10.0 Å². The molecular weight excluding hydrogens is 609 g/mol. The van der Waals surface area contributed by atoms with Crippen molar-refractivity contribution >= 4 is 55.4 Å². The predicted octanol–water partition coefficient (Wildman–Crippen LogP) is 6.26. The van der Waals surface area contributed by atoms with E-state index in [-0.39, 0.29) is 16.9 Å². The van der Waals surface area contributed by atoms with E-state index in [0.29, 0.717) is 61.1 Å². The fraction of sp³-hybridized carbons (Fsp3) is 0.129. The first-order valence-corrected chi connectivity index (χ1v) is 15.4. The van der Waals surface area contributed by atoms with Crippen molar-refractivity contribution in [3.63, 3.8) is 0 Å². The number of carbonyl (C=O) groups excluding carboxylic acids is 1. The number of sulfonamides is 1. The van der Waals surface area contributed by atoms with E-state index in [1.54, 1.807) is 30.3 Å². The minimum atomic E-state index is -3.74. The third-order valence-corrected chi connectivity index (χ3v) is 8.63. The summed E-state index contributed by atoms with van der Waals surface area (Å²) in [5, 5.41) is 3.52. The molecule has 3 heterocycles. The summed E-state index contributed by atoms with van der Waals surface area (Å²) in [6, 6.07) is 15.9. The number of methoxy groups -OCH3 is 1. The molecule has 0 bridgehead atoms. The molecule has 6 rings (SSSR count). The highest BCUT2D eigenvalue weighted by Gasteiger charge is 2.26. The fourth-order valence-electron chi connectivity index (χ4n) is 4.98. The summed E-state index contributed by atoms with van der Waals surface area (Å²) in [5.41, 5.74) is 4.03. The van der Waals surface area contributed by atoms with Crippen LogP contribution in [0.15, 0.2) is 71.3 Å². The molecule has 0 aliphatic heterocycles. The molecule has 10 nitrogen and oxygen atoms in total. The van der Waals surface area contributed by atoms with Gasteiger partial charge in [0.15, 0.2) is 5.65 Å². The van der Waals surface area contributed by atoms with Crippen molar-refractivity contribution in [3.8, 4) is 39.6 Å². The van der Waals surface area contributed by atoms with Crippen LogP contribution in [0.25, 0.3) is 56.0 Å². The van der Waals surface area contributed by atoms with Gasteiger partial charge in [-0.15, -0.1) is 0 Å². The number of nitrogens with one attached hydrogen (secondary N) is 2. The van der Waals surface area contributed by atoms with Crippen molar-refractivity contribution in [2.24, 2.45) is 0 Å². The molecule has 0 saturated heterocycles. The van der Waals surface area contributed by atoms with Crippen molar-refractivity contribution < 1.29 is 26.8 Å². The Labute approximate surface area is 256 Å². The highest BCUT2D eigenvalue weighted by molar-refractivity contribution is 7.92. The zero-order valence-electron chi connectivity index (χ0n) is 23.9. The molecule has 2 N–H and O–H groups in total. The number of ether oxygens (including phenoxy) is 1. The van der Waals surface area contributed by atoms with Gasteiger partial charge in [-0.25, -0.2) is 22.8 Å². The van der Waals surface area contributed by atoms with Gasteiger partial charge in [0.2, 0.25) is 10.0 Å². The van der Waals surface area contributed by atoms with Gasteiger partial charge in [-0.3, -0.25) is 9.10 Å². The number of hydrogen-bond acceptors (Lipinski definition) is 7. The molecule has 224 valence electrons. The van der Waals surface area contributed by atoms with Crippen molar-refractivity contribution in [1.82, 2.24) is 20.3 Å². The van der Waals surface area contributed by atoms with Gasteiger partial charge in [0, 0.05) is 48.4 Å². The van der Waals surface area contributed by atoms with Crippen LogP contribution < -0.4 is 14.4 Å². The van der Waals surface area contributed by atoms with Gasteiger partial charge < -0.3 is 19.5 Å². The number of fused-ring (bicyclic) bond motifs is 2. The van der Waals surface area contributed by atoms with Gasteiger partial charge >= 0.3 is 0 Å². The Bertz CT molecular complexity index is 2200. The Hall–Kier alpha value is -4.94. The Morgan fingerprint density at radius 3 is 2.48 bits per heavy atom. The van der Waals surface area contributed by atoms with Crippen molar-refractivity contribution in [2.75, 3.05) is 31.8 Å². The minimum Gasteiger partial charge on any atom is -0.497 e. The van der Waals surface area contributed by atoms with Crippen molar-refractivity contribution in [2.45, 2.75) is 0 Å². The summed E-state index contributed by atoms with van der Waals surface area (Å²) in [7, 11) is 0.705. The molecule has 0 unspecified atom stereocenters. The monoisotopic (exact) mass is 633 g/mol. The molecule has 3 aromatic carbocycles. The Morgan fingerprint density at radius 1 is 1.07 bits per heavy atom. The first-order valence-electron chi connectivity index (χ1n) is 13.2. The highest BCUT2D eigenvalue weighted by atomic mass is 35.5. The highest BCUT2D eigenvalue weighted by Crippen LogP contribution is 2.43. The maximum atomic E-state index is 13.7. The van der Waals surface area contributed by atoms with Gasteiger partial charge in [-0.1, -0.05) is 11.6 Å². The molecule has 0 radical (unpaired) electrons. The molecule has 0 atom stereocenters. The first kappa shape index (κ1) is 29.1. The normalized spacial score (nSPS) is 11.7. The largest absolute Gasteiger partial charge is 0.497 e. The van der Waals surface area contributed by atoms with E-state index in [1.165, 1.54) is 51.7 Å². The number of pyridine rings is 1. The molecule has 0 spiro atoms. The second-order valence-electron chi connectivity index (χ2n) is 10.0. The lowest BCUT2D eigenvalue weighted by Crippen LogP contribution is -2.25. The van der Waals surface area contributed by atoms with E-state index in [0.717, 1.165) is 10.6 Å². The topological polar surface area (TPSA) is 130 Å². The smallest absolute Gasteiger partial charge is 0.255 e. The van der Waals surface area contributed by atoms with E-state index in [2.05, 4.69) is 20.3 Å². The van der Waals surface area contributed by atoms with Gasteiger partial charge in [0.05, 0.1) is 35.2 Å². The predicted molar refractivity (Wildman–Crippen MR) is 168 cm³/mol. The Balaban J connectivity index is 1.64. The summed E-state index contributed by atoms with van der Waals surface area (Å²) in [4.78, 5) is 25.3. The van der Waals surface area contributed by atoms with E-state index < -0.39 is 21.7 Å². The number of rotatable bonds is 7. The van der Waals surface area contributed by atoms with Crippen LogP contribution in [0, 0.1) is 5.82 Å². The van der Waals surface area contributed by atoms with Gasteiger partial charge in [0.1, 0.15) is 28.7 Å². The molecule has 3 aromatic heterocycles. The number of carbonyl (C=O) groups is 1. The van der Waals surface area contributed by atoms with Crippen LogP contribution in [0.1, 0.15) is 10.4 Å². The number of H-pyrrole nitrogens is 1. The second-order valence-corrected chi connectivity index (χ2v) is 12.5. The zero-order valence-corrected chi connectivity index (χ0v) is 25.5. The van der Waals surface area contributed by atoms with Crippen molar-refractivity contribution in [3.05, 3.63) is 83.3 Å². The standard InChI is InChI=1S/C31H25ClFN5O5S/c1-34-31(39)27-23-13-22(17-9-18(11-21(10-17)42-3)29-36-24-12-19(32)15-35-30(24)37-29)25(38(2)44(4,40)41)14-26(23)43-28(27)16-5-7-20(33)8-6-16/h5-15H,1-4H3,(H,34,39)(H,35,36,37). The lowest BCUT2D eigenvalue weighted by Gasteiger charge is -2.21. The minimum absolute atomic E-state index is 0.212. The maximum Gasteiger partial charge on any atom is 0.255 e. The van der Waals surface area contributed by atoms with Crippen LogP contribution in [-0.4, -0.2) is 56.7 Å². The molecule has 1 amide bonds. The number of hydrogen-bond donors (Lipinski definition) is 2. The van der Waals surface area contributed by atoms with Gasteiger partial charge in [-0.2, -0.15) is 0 Å². The van der Waals surface area contributed by atoms with Crippen molar-refractivity contribution in [1.29, 1.82) is 0 Å². The van der Waals surface area contributed by atoms with Crippen LogP contribution >= 0.6 is 11.6 Å². The average Bonchev–Trinajstić information content (AvgIpc) is 3.60. The van der Waals surface area contributed by atoms with Crippen LogP contribution in [0.5, 0.6) is 5.75 Å². The number of amides is 1. The molecule has 13 heteroatoms. The van der Waals surface area contributed by atoms with E-state index in [1.807, 2.05) is 6.07 Å². The summed E-state index contributed by atoms with van der Waals surface area (Å²) < 4.78 is 52.2. The number of aromatic nitrogens is 3. The summed E-state index contributed by atoms with van der Waals surface area (Å²) in [5.74, 6) is 0.301. The van der Waals surface area contributed by atoms with Crippen LogP contribution in [0.4, 0.5) is 10.1 Å². The molecule has 0 saturated carbocycles. The number of furan rings is 1. The molecular formula is C31H25ClFN5O5S. The number of nitrogens with zero attached hydrogens (tertiary/aromatic N) is 3. The maximum absolute atomic E-state index is 13.7. The number of halogens is 2. The fourth-order valence-corrected chi connectivity index (χ4v) is 5.64. The van der Waals surface area contributed by atoms with Gasteiger partial charge in [0.25, 0.3) is 5.91 Å². The number of aromatic amines is 1. The lowest BCUT2D eigenvalue weighted by atomic mass is 9.97. The number of imidazole rings is 1. The SMILES string of the molecule is CNC(=O)c1c(-c2ccc(F)cc2)oc2cc(N(C)S(C)(=O)=O)c(-c3cc(OC)cc(-c4nc5ncc(Cl)cc5[nH]4)c3)cc12. The third-order valence-electron chi connectivity index (χ3n) is 7.23. The quantitative estimate of drug-likeness (QED) is 0.212. The van der Waals surface area contributed by atoms with Crippen LogP contribution in [0.3, 0.4) is 0 Å². The van der Waals surface area contributed by atoms with Gasteiger partial charge in [-0.05, 0) is 60.2 Å². The summed E-state index contributed by atoms with van der Waals surface area (Å²) in [6.07, 6.45) is 2.59. The number of benzene rings is 3. The van der Waals surface area contributed by atoms with E-state index in [9.17, 15) is 17.6 Å². The second kappa shape index (κ2) is 11.0. The molecule has 0 aliphatic rings. The van der Waals surface area contributed by atoms with E-state index in [4.69, 9.17) is 20.8 Å². The Morgan fingerprint density at radius 2 is 1.80 bits per heavy atom. The molecule has 0 aliphatic carbocycles. The average molecular weight is 634 g/mol. The molecule has 6 aromatic rings.